The summed E-state index contributed by atoms with van der Waals surface area (Å²) in [6, 6.07) is 19.7. The number of benzene rings is 3. The number of methoxy groups -OCH3 is 1. The van der Waals surface area contributed by atoms with Crippen molar-refractivity contribution in [3.8, 4) is 5.75 Å². The highest BCUT2D eigenvalue weighted by molar-refractivity contribution is 5.87. The third kappa shape index (κ3) is 4.43. The van der Waals surface area contributed by atoms with Gasteiger partial charge in [-0.2, -0.15) is 0 Å². The standard InChI is InChI=1S/C24H28N5O3.CH4/c1-32-20-10-9-18-5-4-6-19(22(18)13-20)11-12-29-15-25-14-27(17-29)24(26-16-29)21-7-2-3-8-23(21)28(30)31;/h2-10,13,24-26H,11-12,14-17H2,1H3;1H4/q+1;. The number of nitro benzene ring substituents is 1. The molecule has 3 unspecified atom stereocenters. The molecule has 3 aromatic rings. The highest BCUT2D eigenvalue weighted by Crippen LogP contribution is 2.32. The first-order valence-corrected chi connectivity index (χ1v) is 10.9. The van der Waals surface area contributed by atoms with E-state index in [0.717, 1.165) is 48.8 Å². The fourth-order valence-electron chi connectivity index (χ4n) is 5.04. The number of nitrogens with zero attached hydrogens (tertiary/aromatic N) is 3. The minimum Gasteiger partial charge on any atom is -0.497 e. The van der Waals surface area contributed by atoms with Crippen molar-refractivity contribution in [1.82, 2.24) is 15.5 Å². The Morgan fingerprint density at radius 3 is 2.82 bits per heavy atom. The molecule has 5 rings (SSSR count). The summed E-state index contributed by atoms with van der Waals surface area (Å²) in [4.78, 5) is 13.5. The van der Waals surface area contributed by atoms with Crippen LogP contribution < -0.4 is 15.4 Å². The van der Waals surface area contributed by atoms with Gasteiger partial charge in [0.1, 0.15) is 31.9 Å². The van der Waals surface area contributed by atoms with Crippen LogP contribution in [0.1, 0.15) is 24.7 Å². The van der Waals surface area contributed by atoms with Crippen molar-refractivity contribution in [3.05, 3.63) is 81.9 Å². The zero-order valence-electron chi connectivity index (χ0n) is 18.2. The third-order valence-corrected chi connectivity index (χ3v) is 6.69. The van der Waals surface area contributed by atoms with Crippen LogP contribution in [0.5, 0.6) is 5.75 Å². The predicted octanol–water partition coefficient (Wildman–Crippen LogP) is 3.79. The Kier molecular flexibility index (Phi) is 6.62. The second kappa shape index (κ2) is 9.44. The van der Waals surface area contributed by atoms with Gasteiger partial charge in [0, 0.05) is 12.5 Å². The van der Waals surface area contributed by atoms with Gasteiger partial charge in [0.15, 0.2) is 0 Å². The van der Waals surface area contributed by atoms with Gasteiger partial charge >= 0.3 is 0 Å². The number of nitrogens with one attached hydrogen (secondary N) is 2. The van der Waals surface area contributed by atoms with E-state index in [-0.39, 0.29) is 24.2 Å². The summed E-state index contributed by atoms with van der Waals surface area (Å²) in [5, 5.41) is 21.1. The molecular formula is C25H32N5O3+. The number of rotatable bonds is 6. The normalized spacial score (nSPS) is 24.2. The molecule has 0 radical (unpaired) electrons. The minimum absolute atomic E-state index is 0. The molecule has 0 aromatic heterocycles. The molecule has 8 heteroatoms. The molecule has 2 N–H and O–H groups in total. The lowest BCUT2D eigenvalue weighted by molar-refractivity contribution is -0.956. The minimum atomic E-state index is -0.292. The SMILES string of the molecule is C.COc1ccc2cccc(CC[N+]34CNCN(C3)C(c3ccccc3[N+](=O)[O-])NC4)c2c1. The summed E-state index contributed by atoms with van der Waals surface area (Å²) in [6.07, 6.45) is 0.773. The lowest BCUT2D eigenvalue weighted by Crippen LogP contribution is -2.73. The van der Waals surface area contributed by atoms with Gasteiger partial charge < -0.3 is 4.74 Å². The van der Waals surface area contributed by atoms with Crippen LogP contribution in [0.3, 0.4) is 0 Å². The first-order valence-electron chi connectivity index (χ1n) is 10.9. The summed E-state index contributed by atoms with van der Waals surface area (Å²) < 4.78 is 6.30. The van der Waals surface area contributed by atoms with Gasteiger partial charge in [-0.05, 0) is 34.5 Å². The molecule has 0 spiro atoms. The number of para-hydroxylation sites is 1. The van der Waals surface area contributed by atoms with E-state index < -0.39 is 0 Å². The molecule has 2 aliphatic rings. The molecule has 3 atom stereocenters. The molecule has 33 heavy (non-hydrogen) atoms. The van der Waals surface area contributed by atoms with Crippen molar-refractivity contribution in [2.24, 2.45) is 0 Å². The van der Waals surface area contributed by atoms with Gasteiger partial charge in [-0.15, -0.1) is 0 Å². The topological polar surface area (TPSA) is 79.7 Å². The molecule has 0 saturated carbocycles. The van der Waals surface area contributed by atoms with Crippen molar-refractivity contribution in [1.29, 1.82) is 0 Å². The molecule has 2 bridgehead atoms. The zero-order valence-corrected chi connectivity index (χ0v) is 18.2. The average Bonchev–Trinajstić information content (AvgIpc) is 2.82. The summed E-state index contributed by atoms with van der Waals surface area (Å²) in [5.74, 6) is 0.870. The van der Waals surface area contributed by atoms with Crippen LogP contribution in [0.25, 0.3) is 10.8 Å². The first kappa shape index (κ1) is 23.1. The van der Waals surface area contributed by atoms with Crippen molar-refractivity contribution in [2.45, 2.75) is 20.0 Å². The van der Waals surface area contributed by atoms with Crippen LogP contribution >= 0.6 is 0 Å². The molecule has 8 nitrogen and oxygen atoms in total. The summed E-state index contributed by atoms with van der Waals surface area (Å²) in [7, 11) is 1.70. The van der Waals surface area contributed by atoms with Crippen LogP contribution in [0, 0.1) is 10.1 Å². The van der Waals surface area contributed by atoms with Gasteiger partial charge in [-0.3, -0.25) is 19.9 Å². The summed E-state index contributed by atoms with van der Waals surface area (Å²) in [6.45, 7) is 4.16. The third-order valence-electron chi connectivity index (χ3n) is 6.69. The monoisotopic (exact) mass is 450 g/mol. The van der Waals surface area contributed by atoms with E-state index in [9.17, 15) is 10.1 Å². The molecule has 174 valence electrons. The Labute approximate surface area is 194 Å². The van der Waals surface area contributed by atoms with E-state index in [4.69, 9.17) is 4.74 Å². The molecule has 2 heterocycles. The quantitative estimate of drug-likeness (QED) is 0.338. The van der Waals surface area contributed by atoms with Gasteiger partial charge in [0.2, 0.25) is 0 Å². The maximum Gasteiger partial charge on any atom is 0.275 e. The van der Waals surface area contributed by atoms with Crippen molar-refractivity contribution in [2.75, 3.05) is 40.3 Å². The molecule has 0 amide bonds. The second-order valence-electron chi connectivity index (χ2n) is 8.70. The van der Waals surface area contributed by atoms with Gasteiger partial charge in [-0.25, -0.2) is 10.2 Å². The number of quaternary nitrogens is 1. The second-order valence-corrected chi connectivity index (χ2v) is 8.70. The summed E-state index contributed by atoms with van der Waals surface area (Å²) in [5.41, 5.74) is 2.20. The Morgan fingerprint density at radius 1 is 1.15 bits per heavy atom. The van der Waals surface area contributed by atoms with E-state index >= 15 is 0 Å². The van der Waals surface area contributed by atoms with E-state index in [1.165, 1.54) is 16.3 Å². The number of hydrogen-bond acceptors (Lipinski definition) is 6. The zero-order chi connectivity index (χ0) is 22.1. The van der Waals surface area contributed by atoms with E-state index in [0.29, 0.717) is 6.67 Å². The smallest absolute Gasteiger partial charge is 0.275 e. The molecule has 2 saturated heterocycles. The lowest BCUT2D eigenvalue weighted by Gasteiger charge is -2.52. The largest absolute Gasteiger partial charge is 0.497 e. The molecule has 3 aromatic carbocycles. The predicted molar refractivity (Wildman–Crippen MR) is 129 cm³/mol. The Bertz CT molecular complexity index is 1150. The Hall–Kier alpha value is -3.04. The number of hydrogen-bond donors (Lipinski definition) is 2. The lowest BCUT2D eigenvalue weighted by atomic mass is 10.0. The van der Waals surface area contributed by atoms with Crippen LogP contribution in [-0.2, 0) is 6.42 Å². The summed E-state index contributed by atoms with van der Waals surface area (Å²) >= 11 is 0. The molecule has 2 fully saturated rings. The van der Waals surface area contributed by atoms with Gasteiger partial charge in [0.25, 0.3) is 5.69 Å². The molecular weight excluding hydrogens is 418 g/mol. The molecule has 2 aliphatic heterocycles. The fraction of sp³-hybridized carbons (Fsp3) is 0.360. The average molecular weight is 451 g/mol. The van der Waals surface area contributed by atoms with Crippen LogP contribution in [0.2, 0.25) is 0 Å². The fourth-order valence-corrected chi connectivity index (χ4v) is 5.04. The van der Waals surface area contributed by atoms with Crippen molar-refractivity contribution >= 4 is 16.5 Å². The van der Waals surface area contributed by atoms with E-state index in [1.54, 1.807) is 19.2 Å². The van der Waals surface area contributed by atoms with Gasteiger partial charge in [0.05, 0.1) is 30.8 Å². The maximum absolute atomic E-state index is 11.5. The number of ether oxygens (including phenoxy) is 1. The van der Waals surface area contributed by atoms with Crippen molar-refractivity contribution < 1.29 is 14.1 Å². The highest BCUT2D eigenvalue weighted by atomic mass is 16.6. The Balaban J connectivity index is 0.00000259. The van der Waals surface area contributed by atoms with Crippen LogP contribution in [0.15, 0.2) is 60.7 Å². The first-order chi connectivity index (χ1) is 15.6. The molecule has 0 aliphatic carbocycles. The number of fused-ring (bicyclic) bond motifs is 3. The van der Waals surface area contributed by atoms with Crippen LogP contribution in [-0.4, -0.2) is 54.6 Å². The van der Waals surface area contributed by atoms with Crippen molar-refractivity contribution in [3.63, 3.8) is 0 Å². The van der Waals surface area contributed by atoms with Gasteiger partial charge in [-0.1, -0.05) is 43.8 Å². The van der Waals surface area contributed by atoms with E-state index in [2.05, 4.69) is 45.9 Å². The number of nitro groups is 1. The van der Waals surface area contributed by atoms with E-state index in [1.807, 2.05) is 18.2 Å². The highest BCUT2D eigenvalue weighted by Gasteiger charge is 2.43. The Morgan fingerprint density at radius 2 is 2.00 bits per heavy atom. The maximum atomic E-state index is 11.5. The van der Waals surface area contributed by atoms with Crippen LogP contribution in [0.4, 0.5) is 5.69 Å².